The molecule has 2 aromatic rings. The second-order valence-corrected chi connectivity index (χ2v) is 4.49. The van der Waals surface area contributed by atoms with Gasteiger partial charge in [-0.15, -0.1) is 0 Å². The Bertz CT molecular complexity index is 585. The molecule has 0 saturated carbocycles. The molecular formula is C10H8F2N2O2S. The number of likely N-dealkylation sites (N-methyl/N-ethyl adjacent to an activating group) is 1. The van der Waals surface area contributed by atoms with Gasteiger partial charge in [-0.25, -0.2) is 13.8 Å². The van der Waals surface area contributed by atoms with E-state index in [1.807, 2.05) is 0 Å². The number of nitrogens with zero attached hydrogens (tertiary/aromatic N) is 2. The molecule has 90 valence electrons. The van der Waals surface area contributed by atoms with Gasteiger partial charge in [0.05, 0.1) is 4.70 Å². The van der Waals surface area contributed by atoms with E-state index >= 15 is 0 Å². The van der Waals surface area contributed by atoms with Crippen LogP contribution in [0.3, 0.4) is 0 Å². The lowest BCUT2D eigenvalue weighted by molar-refractivity contribution is -0.135. The molecule has 1 aromatic heterocycles. The lowest BCUT2D eigenvalue weighted by Crippen LogP contribution is -2.24. The summed E-state index contributed by atoms with van der Waals surface area (Å²) in [5.41, 5.74) is 0.0589. The normalized spacial score (nSPS) is 10.8. The molecule has 7 heteroatoms. The van der Waals surface area contributed by atoms with Crippen molar-refractivity contribution < 1.29 is 18.7 Å². The lowest BCUT2D eigenvalue weighted by atomic mass is 10.3. The number of fused-ring (bicyclic) bond motifs is 1. The van der Waals surface area contributed by atoms with Crippen molar-refractivity contribution in [3.63, 3.8) is 0 Å². The first-order chi connectivity index (χ1) is 7.97. The Balaban J connectivity index is 2.44. The number of aliphatic carboxylic acids is 1. The van der Waals surface area contributed by atoms with Crippen LogP contribution in [-0.4, -0.2) is 29.7 Å². The number of thiazole rings is 1. The molecular weight excluding hydrogens is 250 g/mol. The Morgan fingerprint density at radius 2 is 2.24 bits per heavy atom. The molecule has 0 fully saturated rings. The maximum absolute atomic E-state index is 13.4. The van der Waals surface area contributed by atoms with E-state index in [0.29, 0.717) is 9.83 Å². The minimum atomic E-state index is -1.02. The van der Waals surface area contributed by atoms with Gasteiger partial charge in [0.2, 0.25) is 0 Å². The molecule has 0 aliphatic heterocycles. The van der Waals surface area contributed by atoms with Crippen LogP contribution in [-0.2, 0) is 4.79 Å². The van der Waals surface area contributed by atoms with Crippen LogP contribution >= 0.6 is 11.3 Å². The molecule has 0 spiro atoms. The molecule has 1 heterocycles. The number of hydrogen-bond acceptors (Lipinski definition) is 4. The molecule has 0 aliphatic carbocycles. The van der Waals surface area contributed by atoms with Crippen LogP contribution in [0.1, 0.15) is 0 Å². The number of hydrogen-bond donors (Lipinski definition) is 1. The molecule has 0 aliphatic rings. The third kappa shape index (κ3) is 2.33. The Hall–Kier alpha value is -1.76. The Morgan fingerprint density at radius 1 is 1.53 bits per heavy atom. The lowest BCUT2D eigenvalue weighted by Gasteiger charge is -2.11. The topological polar surface area (TPSA) is 53.4 Å². The van der Waals surface area contributed by atoms with E-state index in [1.54, 1.807) is 0 Å². The van der Waals surface area contributed by atoms with Crippen LogP contribution in [0.25, 0.3) is 10.2 Å². The minimum absolute atomic E-state index is 0.0589. The van der Waals surface area contributed by atoms with Crippen LogP contribution in [0.15, 0.2) is 12.1 Å². The fourth-order valence-corrected chi connectivity index (χ4v) is 2.34. The fraction of sp³-hybridized carbons (Fsp3) is 0.200. The number of aromatic nitrogens is 1. The van der Waals surface area contributed by atoms with E-state index in [4.69, 9.17) is 5.11 Å². The molecule has 0 saturated heterocycles. The summed E-state index contributed by atoms with van der Waals surface area (Å²) < 4.78 is 26.7. The second-order valence-electron chi connectivity index (χ2n) is 3.48. The quantitative estimate of drug-likeness (QED) is 0.916. The van der Waals surface area contributed by atoms with Gasteiger partial charge in [0.15, 0.2) is 10.9 Å². The zero-order valence-corrected chi connectivity index (χ0v) is 9.59. The number of benzene rings is 1. The van der Waals surface area contributed by atoms with E-state index < -0.39 is 17.6 Å². The molecule has 0 unspecified atom stereocenters. The van der Waals surface area contributed by atoms with Crippen molar-refractivity contribution in [1.82, 2.24) is 4.98 Å². The van der Waals surface area contributed by atoms with Gasteiger partial charge in [0, 0.05) is 13.1 Å². The van der Waals surface area contributed by atoms with Gasteiger partial charge in [-0.1, -0.05) is 11.3 Å². The smallest absolute Gasteiger partial charge is 0.323 e. The fourth-order valence-electron chi connectivity index (χ4n) is 1.38. The average molecular weight is 258 g/mol. The van der Waals surface area contributed by atoms with E-state index in [1.165, 1.54) is 18.0 Å². The summed E-state index contributed by atoms with van der Waals surface area (Å²) in [6, 6.07) is 1.93. The summed E-state index contributed by atoms with van der Waals surface area (Å²) in [7, 11) is 1.53. The largest absolute Gasteiger partial charge is 0.480 e. The summed E-state index contributed by atoms with van der Waals surface area (Å²) in [4.78, 5) is 15.8. The highest BCUT2D eigenvalue weighted by Gasteiger charge is 2.14. The average Bonchev–Trinajstić information content (AvgIpc) is 2.60. The Morgan fingerprint density at radius 3 is 2.88 bits per heavy atom. The van der Waals surface area contributed by atoms with Crippen molar-refractivity contribution in [3.8, 4) is 0 Å². The zero-order chi connectivity index (χ0) is 12.6. The van der Waals surface area contributed by atoms with Crippen molar-refractivity contribution in [2.45, 2.75) is 0 Å². The maximum Gasteiger partial charge on any atom is 0.323 e. The molecule has 0 amide bonds. The third-order valence-electron chi connectivity index (χ3n) is 2.10. The Kier molecular flexibility index (Phi) is 2.93. The van der Waals surface area contributed by atoms with Crippen LogP contribution in [0.2, 0.25) is 0 Å². The van der Waals surface area contributed by atoms with E-state index in [9.17, 15) is 13.6 Å². The van der Waals surface area contributed by atoms with Gasteiger partial charge in [-0.2, -0.15) is 0 Å². The maximum atomic E-state index is 13.4. The minimum Gasteiger partial charge on any atom is -0.480 e. The van der Waals surface area contributed by atoms with Crippen molar-refractivity contribution in [3.05, 3.63) is 23.8 Å². The predicted molar refractivity (Wildman–Crippen MR) is 60.4 cm³/mol. The monoisotopic (exact) mass is 258 g/mol. The van der Waals surface area contributed by atoms with Gasteiger partial charge in [0.1, 0.15) is 17.9 Å². The SMILES string of the molecule is CN(CC(=O)O)c1nc2c(F)cc(F)cc2s1. The number of carbonyl (C=O) groups is 1. The molecule has 0 atom stereocenters. The van der Waals surface area contributed by atoms with Crippen LogP contribution in [0.5, 0.6) is 0 Å². The van der Waals surface area contributed by atoms with Crippen LogP contribution in [0.4, 0.5) is 13.9 Å². The van der Waals surface area contributed by atoms with Gasteiger partial charge >= 0.3 is 5.97 Å². The molecule has 0 radical (unpaired) electrons. The van der Waals surface area contributed by atoms with E-state index in [0.717, 1.165) is 17.4 Å². The van der Waals surface area contributed by atoms with Crippen LogP contribution in [0, 0.1) is 11.6 Å². The highest BCUT2D eigenvalue weighted by Crippen LogP contribution is 2.30. The van der Waals surface area contributed by atoms with E-state index in [-0.39, 0.29) is 12.1 Å². The van der Waals surface area contributed by atoms with Gasteiger partial charge < -0.3 is 10.0 Å². The van der Waals surface area contributed by atoms with Crippen LogP contribution < -0.4 is 4.90 Å². The van der Waals surface area contributed by atoms with Crippen molar-refractivity contribution in [1.29, 1.82) is 0 Å². The highest BCUT2D eigenvalue weighted by molar-refractivity contribution is 7.22. The summed E-state index contributed by atoms with van der Waals surface area (Å²) >= 11 is 1.05. The van der Waals surface area contributed by atoms with Crippen molar-refractivity contribution >= 4 is 32.7 Å². The standard InChI is InChI=1S/C10H8F2N2O2S/c1-14(4-8(15)16)10-13-9-6(12)2-5(11)3-7(9)17-10/h2-3H,4H2,1H3,(H,15,16). The van der Waals surface area contributed by atoms with Gasteiger partial charge in [-0.3, -0.25) is 4.79 Å². The molecule has 17 heavy (non-hydrogen) atoms. The molecule has 2 rings (SSSR count). The number of carboxylic acids is 1. The summed E-state index contributed by atoms with van der Waals surface area (Å²) in [5, 5.41) is 8.96. The highest BCUT2D eigenvalue weighted by atomic mass is 32.1. The first-order valence-electron chi connectivity index (χ1n) is 4.66. The van der Waals surface area contributed by atoms with Gasteiger partial charge in [0.25, 0.3) is 0 Å². The molecule has 4 nitrogen and oxygen atoms in total. The van der Waals surface area contributed by atoms with Gasteiger partial charge in [-0.05, 0) is 6.07 Å². The summed E-state index contributed by atoms with van der Waals surface area (Å²) in [6.45, 7) is -0.246. The summed E-state index contributed by atoms with van der Waals surface area (Å²) in [5.74, 6) is -2.43. The first kappa shape index (κ1) is 11.7. The first-order valence-corrected chi connectivity index (χ1v) is 5.47. The Labute approximate surface area is 99.1 Å². The van der Waals surface area contributed by atoms with Crippen molar-refractivity contribution in [2.24, 2.45) is 0 Å². The molecule has 1 N–H and O–H groups in total. The van der Waals surface area contributed by atoms with Crippen molar-refractivity contribution in [2.75, 3.05) is 18.5 Å². The number of anilines is 1. The van der Waals surface area contributed by atoms with E-state index in [2.05, 4.69) is 4.98 Å². The zero-order valence-electron chi connectivity index (χ0n) is 8.78. The summed E-state index contributed by atoms with van der Waals surface area (Å²) in [6.07, 6.45) is 0. The predicted octanol–water partition coefficient (Wildman–Crippen LogP) is 2.10. The third-order valence-corrected chi connectivity index (χ3v) is 3.22. The number of rotatable bonds is 3. The molecule has 0 bridgehead atoms. The second kappa shape index (κ2) is 4.25. The number of halogens is 2. The number of carboxylic acid groups (broad SMARTS) is 1. The molecule has 1 aromatic carbocycles.